The molecule has 0 aliphatic heterocycles. The van der Waals surface area contributed by atoms with Gasteiger partial charge in [0.25, 0.3) is 5.91 Å². The number of hydrogen-bond donors (Lipinski definition) is 1. The molecule has 9 heteroatoms. The smallest absolute Gasteiger partial charge is 0.338 e. The molecule has 0 saturated heterocycles. The molecular formula is C21H22N2O5S2. The normalized spacial score (nSPS) is 13.6. The Morgan fingerprint density at radius 1 is 1.17 bits per heavy atom. The summed E-state index contributed by atoms with van der Waals surface area (Å²) in [5.41, 5.74) is 2.33. The van der Waals surface area contributed by atoms with Crippen molar-refractivity contribution in [2.45, 2.75) is 37.9 Å². The van der Waals surface area contributed by atoms with Crippen LogP contribution >= 0.6 is 11.3 Å². The predicted octanol–water partition coefficient (Wildman–Crippen LogP) is 3.23. The number of fused-ring (bicyclic) bond motifs is 1. The molecule has 0 radical (unpaired) electrons. The number of thiophene rings is 1. The molecule has 0 atom stereocenters. The summed E-state index contributed by atoms with van der Waals surface area (Å²) in [6.45, 7) is -0.475. The van der Waals surface area contributed by atoms with Crippen LogP contribution < -0.4 is 5.32 Å². The van der Waals surface area contributed by atoms with Crippen LogP contribution in [-0.2, 0) is 38.0 Å². The second kappa shape index (κ2) is 9.41. The van der Waals surface area contributed by atoms with Gasteiger partial charge < -0.3 is 10.1 Å². The number of anilines is 1. The third-order valence-corrected chi connectivity index (χ3v) is 6.80. The van der Waals surface area contributed by atoms with Crippen molar-refractivity contribution >= 4 is 38.1 Å². The zero-order chi connectivity index (χ0) is 21.7. The maximum Gasteiger partial charge on any atom is 0.338 e. The van der Waals surface area contributed by atoms with Gasteiger partial charge in [0.15, 0.2) is 16.4 Å². The number of rotatable bonds is 6. The summed E-state index contributed by atoms with van der Waals surface area (Å²) in [5, 5.41) is 12.7. The maximum atomic E-state index is 12.3. The van der Waals surface area contributed by atoms with E-state index in [0.29, 0.717) is 16.1 Å². The van der Waals surface area contributed by atoms with Gasteiger partial charge in [0.1, 0.15) is 11.1 Å². The number of nitrogens with one attached hydrogen (secondary N) is 1. The number of esters is 1. The van der Waals surface area contributed by atoms with Crippen LogP contribution in [0.25, 0.3) is 0 Å². The summed E-state index contributed by atoms with van der Waals surface area (Å²) in [4.78, 5) is 25.5. The number of ether oxygens (including phenoxy) is 1. The topological polar surface area (TPSA) is 113 Å². The average molecular weight is 447 g/mol. The van der Waals surface area contributed by atoms with Crippen molar-refractivity contribution in [2.75, 3.05) is 18.2 Å². The molecule has 2 aromatic rings. The van der Waals surface area contributed by atoms with Crippen LogP contribution in [0.3, 0.4) is 0 Å². The first-order valence-electron chi connectivity index (χ1n) is 9.55. The third kappa shape index (κ3) is 5.68. The molecule has 30 heavy (non-hydrogen) atoms. The van der Waals surface area contributed by atoms with Crippen molar-refractivity contribution in [3.05, 3.63) is 51.4 Å². The second-order valence-corrected chi connectivity index (χ2v) is 10.5. The molecule has 0 spiro atoms. The highest BCUT2D eigenvalue weighted by Crippen LogP contribution is 2.36. The van der Waals surface area contributed by atoms with E-state index in [1.807, 2.05) is 0 Å². The summed E-state index contributed by atoms with van der Waals surface area (Å²) in [7, 11) is -3.16. The number of aryl methyl sites for hydroxylation is 1. The average Bonchev–Trinajstić information content (AvgIpc) is 2.84. The van der Waals surface area contributed by atoms with Crippen LogP contribution in [-0.4, -0.2) is 33.2 Å². The van der Waals surface area contributed by atoms with Gasteiger partial charge in [0.2, 0.25) is 0 Å². The number of nitriles is 1. The molecule has 1 aromatic heterocycles. The van der Waals surface area contributed by atoms with Crippen LogP contribution in [0.4, 0.5) is 5.00 Å². The Morgan fingerprint density at radius 3 is 2.53 bits per heavy atom. The molecule has 1 amide bonds. The largest absolute Gasteiger partial charge is 0.452 e. The van der Waals surface area contributed by atoms with Gasteiger partial charge in [-0.3, -0.25) is 4.79 Å². The fourth-order valence-corrected chi connectivity index (χ4v) is 5.42. The first-order chi connectivity index (χ1) is 14.3. The summed E-state index contributed by atoms with van der Waals surface area (Å²) in [5.74, 6) is -1.31. The van der Waals surface area contributed by atoms with Gasteiger partial charge in [-0.05, 0) is 48.9 Å². The molecule has 0 unspecified atom stereocenters. The predicted molar refractivity (Wildman–Crippen MR) is 114 cm³/mol. The number of benzene rings is 1. The third-order valence-electron chi connectivity index (χ3n) is 4.74. The van der Waals surface area contributed by atoms with Crippen LogP contribution in [0, 0.1) is 11.3 Å². The first kappa shape index (κ1) is 22.0. The molecule has 1 aliphatic rings. The van der Waals surface area contributed by atoms with Gasteiger partial charge in [0, 0.05) is 11.1 Å². The quantitative estimate of drug-likeness (QED) is 0.538. The molecule has 3 rings (SSSR count). The SMILES string of the molecule is CS(=O)(=O)Cc1ccc(C(=O)OCC(=O)Nc2sc3c(c2C#N)CCCCC3)cc1. The Hall–Kier alpha value is -2.70. The van der Waals surface area contributed by atoms with Gasteiger partial charge in [-0.25, -0.2) is 13.2 Å². The molecule has 1 aromatic carbocycles. The molecule has 0 bridgehead atoms. The summed E-state index contributed by atoms with van der Waals surface area (Å²) in [6, 6.07) is 8.20. The van der Waals surface area contributed by atoms with Gasteiger partial charge >= 0.3 is 5.97 Å². The lowest BCUT2D eigenvalue weighted by atomic mass is 10.1. The maximum absolute atomic E-state index is 12.3. The van der Waals surface area contributed by atoms with Gasteiger partial charge in [-0.15, -0.1) is 11.3 Å². The van der Waals surface area contributed by atoms with Gasteiger partial charge in [-0.1, -0.05) is 18.6 Å². The lowest BCUT2D eigenvalue weighted by Gasteiger charge is -2.07. The van der Waals surface area contributed by atoms with E-state index in [4.69, 9.17) is 4.74 Å². The fourth-order valence-electron chi connectivity index (χ4n) is 3.37. The minimum absolute atomic E-state index is 0.114. The number of sulfone groups is 1. The molecule has 0 saturated carbocycles. The van der Waals surface area contributed by atoms with E-state index in [9.17, 15) is 23.3 Å². The summed E-state index contributed by atoms with van der Waals surface area (Å²) < 4.78 is 27.7. The van der Waals surface area contributed by atoms with E-state index in [1.54, 1.807) is 0 Å². The highest BCUT2D eigenvalue weighted by Gasteiger charge is 2.21. The highest BCUT2D eigenvalue weighted by atomic mass is 32.2. The van der Waals surface area contributed by atoms with Gasteiger partial charge in [-0.2, -0.15) is 5.26 Å². The van der Waals surface area contributed by atoms with E-state index in [0.717, 1.165) is 48.8 Å². The highest BCUT2D eigenvalue weighted by molar-refractivity contribution is 7.89. The zero-order valence-corrected chi connectivity index (χ0v) is 18.2. The van der Waals surface area contributed by atoms with Crippen LogP contribution in [0.5, 0.6) is 0 Å². The Morgan fingerprint density at radius 2 is 1.87 bits per heavy atom. The Kier molecular flexibility index (Phi) is 6.90. The van der Waals surface area contributed by atoms with Crippen molar-refractivity contribution in [2.24, 2.45) is 0 Å². The monoisotopic (exact) mass is 446 g/mol. The summed E-state index contributed by atoms with van der Waals surface area (Å²) in [6.07, 6.45) is 6.14. The molecule has 158 valence electrons. The van der Waals surface area contributed by atoms with Gasteiger partial charge in [0.05, 0.1) is 16.9 Å². The van der Waals surface area contributed by atoms with Crippen molar-refractivity contribution in [3.8, 4) is 6.07 Å². The minimum atomic E-state index is -3.16. The molecule has 1 heterocycles. The van der Waals surface area contributed by atoms with E-state index in [-0.39, 0.29) is 11.3 Å². The van der Waals surface area contributed by atoms with Crippen molar-refractivity contribution in [3.63, 3.8) is 0 Å². The second-order valence-electron chi connectivity index (χ2n) is 7.27. The van der Waals surface area contributed by atoms with Crippen LogP contribution in [0.15, 0.2) is 24.3 Å². The summed E-state index contributed by atoms with van der Waals surface area (Å²) >= 11 is 1.42. The number of carbonyl (C=O) groups excluding carboxylic acids is 2. The number of carbonyl (C=O) groups is 2. The first-order valence-corrected chi connectivity index (χ1v) is 12.4. The van der Waals surface area contributed by atoms with Crippen LogP contribution in [0.1, 0.15) is 51.2 Å². The van der Waals surface area contributed by atoms with E-state index in [1.165, 1.54) is 35.6 Å². The van der Waals surface area contributed by atoms with Crippen molar-refractivity contribution in [1.82, 2.24) is 0 Å². The Labute approximate surface area is 179 Å². The van der Waals surface area contributed by atoms with Crippen LogP contribution in [0.2, 0.25) is 0 Å². The number of nitrogens with zero attached hydrogens (tertiary/aromatic N) is 1. The van der Waals surface area contributed by atoms with E-state index >= 15 is 0 Å². The molecule has 0 fully saturated rings. The Balaban J connectivity index is 1.58. The molecule has 1 aliphatic carbocycles. The molecule has 7 nitrogen and oxygen atoms in total. The van der Waals surface area contributed by atoms with E-state index < -0.39 is 28.3 Å². The van der Waals surface area contributed by atoms with Crippen molar-refractivity contribution < 1.29 is 22.7 Å². The lowest BCUT2D eigenvalue weighted by molar-refractivity contribution is -0.119. The fraction of sp³-hybridized carbons (Fsp3) is 0.381. The van der Waals surface area contributed by atoms with Crippen molar-refractivity contribution in [1.29, 1.82) is 5.26 Å². The van der Waals surface area contributed by atoms with E-state index in [2.05, 4.69) is 11.4 Å². The molecule has 1 N–H and O–H groups in total. The lowest BCUT2D eigenvalue weighted by Crippen LogP contribution is -2.21. The Bertz CT molecular complexity index is 1100. The number of amides is 1. The number of hydrogen-bond acceptors (Lipinski definition) is 7. The minimum Gasteiger partial charge on any atom is -0.452 e. The zero-order valence-electron chi connectivity index (χ0n) is 16.6. The standard InChI is InChI=1S/C21H22N2O5S2/c1-30(26,27)13-14-7-9-15(10-8-14)21(25)28-12-19(24)23-20-17(11-22)16-5-3-2-4-6-18(16)29-20/h7-10H,2-6,12-13H2,1H3,(H,23,24). The molecular weight excluding hydrogens is 424 g/mol.